The number of anilines is 6. The Morgan fingerprint density at radius 2 is 0.789 bits per heavy atom. The standard InChI is InChI=1S/C73H46N2S/c1-3-19-47(20-4-1)48-35-37-50(38-36-48)74(52-40-43-68-62(46-52)56-26-10-8-24-54(56)58-28-13-17-33-67(58)75(68)49-21-5-2-6-22-49)51-39-41-65-61(45-51)55-25-9-7-23-53(55)57-27-11-15-31-63(57)73(65)64-32-16-12-29-59(64)71-66(73)42-44-70-72(71)60-30-14-18-34-69(60)76-70/h1-46H. The molecule has 0 N–H and O–H groups in total. The van der Waals surface area contributed by atoms with Gasteiger partial charge in [-0.25, -0.2) is 0 Å². The monoisotopic (exact) mass is 982 g/mol. The minimum atomic E-state index is -0.627. The Bertz CT molecular complexity index is 4480. The number of para-hydroxylation sites is 2. The molecule has 1 spiro atoms. The first-order valence-corrected chi connectivity index (χ1v) is 27.1. The van der Waals surface area contributed by atoms with E-state index in [4.69, 9.17) is 0 Å². The topological polar surface area (TPSA) is 6.48 Å². The Morgan fingerprint density at radius 3 is 1.54 bits per heavy atom. The molecule has 1 atom stereocenters. The van der Waals surface area contributed by atoms with Crippen molar-refractivity contribution in [1.29, 1.82) is 0 Å². The maximum Gasteiger partial charge on any atom is 0.0725 e. The Morgan fingerprint density at radius 1 is 0.303 bits per heavy atom. The summed E-state index contributed by atoms with van der Waals surface area (Å²) in [5.41, 5.74) is 26.0. The maximum atomic E-state index is 2.50. The molecule has 2 nitrogen and oxygen atoms in total. The van der Waals surface area contributed by atoms with Crippen LogP contribution in [-0.4, -0.2) is 0 Å². The van der Waals surface area contributed by atoms with Crippen molar-refractivity contribution in [3.05, 3.63) is 301 Å². The lowest BCUT2D eigenvalue weighted by Gasteiger charge is -2.36. The largest absolute Gasteiger partial charge is 0.310 e. The van der Waals surface area contributed by atoms with Crippen molar-refractivity contribution in [3.8, 4) is 66.8 Å². The van der Waals surface area contributed by atoms with Crippen molar-refractivity contribution in [2.45, 2.75) is 5.41 Å². The van der Waals surface area contributed by atoms with Gasteiger partial charge in [-0.3, -0.25) is 0 Å². The van der Waals surface area contributed by atoms with Crippen molar-refractivity contribution >= 4 is 65.6 Å². The Kier molecular flexibility index (Phi) is 9.45. The highest BCUT2D eigenvalue weighted by Crippen LogP contribution is 2.64. The fraction of sp³-hybridized carbons (Fsp3) is 0.0137. The molecule has 0 radical (unpaired) electrons. The van der Waals surface area contributed by atoms with Gasteiger partial charge in [-0.2, -0.15) is 0 Å². The number of hydrogen-bond acceptors (Lipinski definition) is 3. The molecule has 354 valence electrons. The third kappa shape index (κ3) is 6.15. The van der Waals surface area contributed by atoms with E-state index in [0.717, 1.165) is 34.1 Å². The summed E-state index contributed by atoms with van der Waals surface area (Å²) in [5.74, 6) is 0. The molecule has 1 aliphatic heterocycles. The van der Waals surface area contributed by atoms with E-state index in [1.165, 1.54) is 109 Å². The lowest BCUT2D eigenvalue weighted by molar-refractivity contribution is 0.776. The zero-order valence-corrected chi connectivity index (χ0v) is 42.2. The van der Waals surface area contributed by atoms with E-state index in [-0.39, 0.29) is 0 Å². The van der Waals surface area contributed by atoms with E-state index >= 15 is 0 Å². The molecule has 16 rings (SSSR count). The lowest BCUT2D eigenvalue weighted by Crippen LogP contribution is -2.29. The molecule has 1 unspecified atom stereocenters. The summed E-state index contributed by atoms with van der Waals surface area (Å²) in [4.78, 5) is 4.92. The summed E-state index contributed by atoms with van der Waals surface area (Å²) in [6.45, 7) is 0. The SMILES string of the molecule is c1ccc(-c2ccc(N(c3ccc4c(c3)-c3ccccc3-c3ccccc3N4c3ccccc3)c3ccc4c(c3)-c3ccccc3-c3ccccc3C43c4ccccc4-c4c3ccc3sc5ccccc5c43)cc2)cc1. The van der Waals surface area contributed by atoms with Gasteiger partial charge in [-0.15, -0.1) is 11.3 Å². The van der Waals surface area contributed by atoms with Gasteiger partial charge in [0.2, 0.25) is 0 Å². The predicted molar refractivity (Wildman–Crippen MR) is 320 cm³/mol. The van der Waals surface area contributed by atoms with Gasteiger partial charge in [-0.1, -0.05) is 206 Å². The molecular formula is C73H46N2S. The summed E-state index contributed by atoms with van der Waals surface area (Å²) < 4.78 is 2.64. The third-order valence-electron chi connectivity index (χ3n) is 16.4. The van der Waals surface area contributed by atoms with Gasteiger partial charge in [0, 0.05) is 54.0 Å². The number of hydrogen-bond donors (Lipinski definition) is 0. The molecule has 1 aromatic heterocycles. The number of rotatable bonds is 5. The molecule has 2 aliphatic carbocycles. The second kappa shape index (κ2) is 16.7. The number of nitrogens with zero attached hydrogens (tertiary/aromatic N) is 2. The Hall–Kier alpha value is -9.54. The van der Waals surface area contributed by atoms with Gasteiger partial charge in [0.15, 0.2) is 0 Å². The molecule has 76 heavy (non-hydrogen) atoms. The molecule has 0 amide bonds. The van der Waals surface area contributed by atoms with Gasteiger partial charge in [0.05, 0.1) is 16.8 Å². The highest BCUT2D eigenvalue weighted by atomic mass is 32.1. The average Bonchev–Trinajstić information content (AvgIpc) is 4.19. The van der Waals surface area contributed by atoms with Crippen LogP contribution in [0.4, 0.5) is 34.1 Å². The smallest absolute Gasteiger partial charge is 0.0725 e. The van der Waals surface area contributed by atoms with Crippen LogP contribution in [0, 0.1) is 0 Å². The van der Waals surface area contributed by atoms with Crippen LogP contribution < -0.4 is 9.80 Å². The van der Waals surface area contributed by atoms with Crippen molar-refractivity contribution in [2.24, 2.45) is 0 Å². The molecule has 2 heterocycles. The zero-order chi connectivity index (χ0) is 49.9. The van der Waals surface area contributed by atoms with Crippen molar-refractivity contribution < 1.29 is 0 Å². The summed E-state index contributed by atoms with van der Waals surface area (Å²) in [6.07, 6.45) is 0. The molecule has 0 saturated heterocycles. The van der Waals surface area contributed by atoms with E-state index in [9.17, 15) is 0 Å². The first-order chi connectivity index (χ1) is 37.7. The molecular weight excluding hydrogens is 937 g/mol. The number of thiophene rings is 1. The molecule has 13 aromatic rings. The van der Waals surface area contributed by atoms with Gasteiger partial charge in [0.1, 0.15) is 0 Å². The lowest BCUT2D eigenvalue weighted by atomic mass is 9.66. The fourth-order valence-corrected chi connectivity index (χ4v) is 14.4. The molecule has 3 heteroatoms. The average molecular weight is 983 g/mol. The van der Waals surface area contributed by atoms with Crippen LogP contribution in [0.25, 0.3) is 86.9 Å². The molecule has 12 aromatic carbocycles. The fourth-order valence-electron chi connectivity index (χ4n) is 13.3. The van der Waals surface area contributed by atoms with Gasteiger partial charge in [0.25, 0.3) is 0 Å². The quantitative estimate of drug-likeness (QED) is 0.170. The molecule has 0 bridgehead atoms. The summed E-state index contributed by atoms with van der Waals surface area (Å²) >= 11 is 1.90. The van der Waals surface area contributed by atoms with Crippen LogP contribution in [0.15, 0.2) is 279 Å². The van der Waals surface area contributed by atoms with E-state index < -0.39 is 5.41 Å². The van der Waals surface area contributed by atoms with Crippen molar-refractivity contribution in [2.75, 3.05) is 9.80 Å². The number of benzene rings is 12. The molecule has 3 aliphatic rings. The first kappa shape index (κ1) is 42.9. The normalized spacial score (nSPS) is 14.3. The Labute approximate surface area is 446 Å². The molecule has 0 fully saturated rings. The van der Waals surface area contributed by atoms with Crippen molar-refractivity contribution in [1.82, 2.24) is 0 Å². The van der Waals surface area contributed by atoms with Crippen LogP contribution in [0.1, 0.15) is 22.3 Å². The van der Waals surface area contributed by atoms with Crippen LogP contribution in [0.2, 0.25) is 0 Å². The van der Waals surface area contributed by atoms with E-state index in [1.807, 2.05) is 11.3 Å². The second-order valence-corrected chi connectivity index (χ2v) is 21.3. The third-order valence-corrected chi connectivity index (χ3v) is 17.6. The van der Waals surface area contributed by atoms with Gasteiger partial charge >= 0.3 is 0 Å². The van der Waals surface area contributed by atoms with Crippen LogP contribution >= 0.6 is 11.3 Å². The van der Waals surface area contributed by atoms with E-state index in [0.29, 0.717) is 0 Å². The van der Waals surface area contributed by atoms with E-state index in [2.05, 4.69) is 289 Å². The zero-order valence-electron chi connectivity index (χ0n) is 41.4. The minimum Gasteiger partial charge on any atom is -0.310 e. The summed E-state index contributed by atoms with van der Waals surface area (Å²) in [6, 6.07) is 104. The van der Waals surface area contributed by atoms with Crippen LogP contribution in [0.5, 0.6) is 0 Å². The molecule has 0 saturated carbocycles. The number of fused-ring (bicyclic) bond motifs is 21. The predicted octanol–water partition coefficient (Wildman–Crippen LogP) is 20.3. The highest BCUT2D eigenvalue weighted by Gasteiger charge is 2.50. The first-order valence-electron chi connectivity index (χ1n) is 26.2. The second-order valence-electron chi connectivity index (χ2n) is 20.3. The highest BCUT2D eigenvalue weighted by molar-refractivity contribution is 7.26. The van der Waals surface area contributed by atoms with Gasteiger partial charge in [-0.05, 0) is 151 Å². The van der Waals surface area contributed by atoms with Crippen molar-refractivity contribution in [3.63, 3.8) is 0 Å². The van der Waals surface area contributed by atoms with E-state index in [1.54, 1.807) is 0 Å². The summed E-state index contributed by atoms with van der Waals surface area (Å²) in [7, 11) is 0. The van der Waals surface area contributed by atoms with Crippen LogP contribution in [0.3, 0.4) is 0 Å². The maximum absolute atomic E-state index is 2.50. The van der Waals surface area contributed by atoms with Gasteiger partial charge < -0.3 is 9.80 Å². The summed E-state index contributed by atoms with van der Waals surface area (Å²) in [5, 5.41) is 2.67. The van der Waals surface area contributed by atoms with Crippen LogP contribution in [-0.2, 0) is 5.41 Å². The minimum absolute atomic E-state index is 0.627. The Balaban J connectivity index is 0.975.